The van der Waals surface area contributed by atoms with Crippen molar-refractivity contribution in [1.29, 1.82) is 0 Å². The zero-order chi connectivity index (χ0) is 25.7. The van der Waals surface area contributed by atoms with Crippen LogP contribution in [-0.4, -0.2) is 35.9 Å². The van der Waals surface area contributed by atoms with Crippen LogP contribution in [0.1, 0.15) is 55.6 Å². The van der Waals surface area contributed by atoms with Gasteiger partial charge in [0.05, 0.1) is 0 Å². The monoisotopic (exact) mass is 481 g/mol. The first-order chi connectivity index (χ1) is 17.4. The van der Waals surface area contributed by atoms with Gasteiger partial charge in [0.15, 0.2) is 0 Å². The zero-order valence-corrected chi connectivity index (χ0v) is 22.0. The molecule has 0 atom stereocenters. The van der Waals surface area contributed by atoms with Gasteiger partial charge in [-0.05, 0) is 105 Å². The minimum absolute atomic E-state index is 0. The summed E-state index contributed by atoms with van der Waals surface area (Å²) in [7, 11) is 2.18. The van der Waals surface area contributed by atoms with Gasteiger partial charge in [-0.25, -0.2) is 0 Å². The van der Waals surface area contributed by atoms with Crippen molar-refractivity contribution in [1.82, 2.24) is 9.88 Å². The van der Waals surface area contributed by atoms with Gasteiger partial charge in [-0.1, -0.05) is 49.4 Å². The fraction of sp³-hybridized carbons (Fsp3) is 0.312. The van der Waals surface area contributed by atoms with E-state index in [9.17, 15) is 4.79 Å². The Kier molecular flexibility index (Phi) is 8.17. The van der Waals surface area contributed by atoms with E-state index in [0.717, 1.165) is 34.5 Å². The Morgan fingerprint density at radius 3 is 2.69 bits per heavy atom. The van der Waals surface area contributed by atoms with Gasteiger partial charge in [-0.3, -0.25) is 9.78 Å². The van der Waals surface area contributed by atoms with Crippen molar-refractivity contribution < 1.29 is 6.22 Å². The molecule has 3 heterocycles. The highest BCUT2D eigenvalue weighted by Crippen LogP contribution is 2.38. The molecule has 1 aromatic heterocycles. The number of amides is 1. The van der Waals surface area contributed by atoms with Crippen LogP contribution < -0.4 is 5.32 Å². The molecule has 2 aliphatic heterocycles. The summed E-state index contributed by atoms with van der Waals surface area (Å²) in [6, 6.07) is 16.6. The molecule has 3 aromatic rings. The van der Waals surface area contributed by atoms with Crippen molar-refractivity contribution in [3.8, 4) is 11.1 Å². The van der Waals surface area contributed by atoms with Gasteiger partial charge >= 0.3 is 0 Å². The quantitative estimate of drug-likeness (QED) is 0.315. The lowest BCUT2D eigenvalue weighted by Crippen LogP contribution is -2.18. The fourth-order valence-electron chi connectivity index (χ4n) is 4.84. The first-order valence-corrected chi connectivity index (χ1v) is 12.9. The molecule has 2 aliphatic rings. The van der Waals surface area contributed by atoms with Gasteiger partial charge in [0.2, 0.25) is 0 Å². The van der Waals surface area contributed by atoms with E-state index in [1.165, 1.54) is 54.6 Å². The summed E-state index contributed by atoms with van der Waals surface area (Å²) in [5.41, 5.74) is 10.8. The standard InChI is InChI=1S/C24H22N2O.C8H15N.H2/c1-4-18-7-5-6-15(2)23(18)19-10-11-22-20(13-19)21(24(27)26-22)12-17-9-8-16(3)25-14-17;1-8-4-3-6-9(2)7-5-8;/h5-14H,4H2,1-3H3,(H,26,27);1,3-7H2,2H3;1H/b21-12+;;. The lowest BCUT2D eigenvalue weighted by atomic mass is 9.91. The van der Waals surface area contributed by atoms with Crippen LogP contribution in [0.2, 0.25) is 0 Å². The number of rotatable bonds is 3. The van der Waals surface area contributed by atoms with E-state index in [0.29, 0.717) is 5.57 Å². The van der Waals surface area contributed by atoms with Crippen LogP contribution in [0.3, 0.4) is 0 Å². The van der Waals surface area contributed by atoms with Gasteiger partial charge in [0.1, 0.15) is 0 Å². The van der Waals surface area contributed by atoms with E-state index in [1.807, 2.05) is 31.2 Å². The van der Waals surface area contributed by atoms with E-state index < -0.39 is 0 Å². The number of pyridine rings is 1. The second-order valence-corrected chi connectivity index (χ2v) is 9.87. The maximum absolute atomic E-state index is 12.5. The molecule has 0 aliphatic carbocycles. The maximum atomic E-state index is 12.5. The molecule has 0 unspecified atom stereocenters. The molecule has 0 saturated carbocycles. The SMILES string of the molecule is C=C1CCCN(C)CC1.CCc1cccc(C)c1-c1ccc2c(c1)/C(=C\c1ccc(C)nc1)C(=O)N2.[HH]. The van der Waals surface area contributed by atoms with Gasteiger partial charge in [-0.2, -0.15) is 0 Å². The molecule has 0 spiro atoms. The first kappa shape index (κ1) is 25.6. The van der Waals surface area contributed by atoms with E-state index in [-0.39, 0.29) is 7.33 Å². The molecule has 1 N–H and O–H groups in total. The van der Waals surface area contributed by atoms with Crippen molar-refractivity contribution in [2.24, 2.45) is 0 Å². The van der Waals surface area contributed by atoms with E-state index in [1.54, 1.807) is 6.20 Å². The number of likely N-dealkylation sites (tertiary alicyclic amines) is 1. The summed E-state index contributed by atoms with van der Waals surface area (Å²) in [6.45, 7) is 12.7. The van der Waals surface area contributed by atoms with E-state index in [2.05, 4.69) is 73.0 Å². The largest absolute Gasteiger partial charge is 0.321 e. The van der Waals surface area contributed by atoms with Gasteiger partial charge in [-0.15, -0.1) is 0 Å². The highest BCUT2D eigenvalue weighted by atomic mass is 16.2. The Balaban J connectivity index is 0.000000324. The second kappa shape index (κ2) is 11.5. The fourth-order valence-corrected chi connectivity index (χ4v) is 4.84. The Labute approximate surface area is 217 Å². The third-order valence-corrected chi connectivity index (χ3v) is 6.99. The van der Waals surface area contributed by atoms with Crippen molar-refractivity contribution in [2.45, 2.75) is 46.5 Å². The molecule has 36 heavy (non-hydrogen) atoms. The average molecular weight is 482 g/mol. The van der Waals surface area contributed by atoms with Crippen molar-refractivity contribution in [2.75, 3.05) is 25.5 Å². The number of fused-ring (bicyclic) bond motifs is 1. The molecule has 0 radical (unpaired) electrons. The molecular formula is C32H39N3O. The van der Waals surface area contributed by atoms with E-state index in [4.69, 9.17) is 0 Å². The summed E-state index contributed by atoms with van der Waals surface area (Å²) in [6.07, 6.45) is 8.43. The lowest BCUT2D eigenvalue weighted by molar-refractivity contribution is -0.110. The van der Waals surface area contributed by atoms with Crippen LogP contribution in [0, 0.1) is 13.8 Å². The molecule has 2 aromatic carbocycles. The van der Waals surface area contributed by atoms with Crippen molar-refractivity contribution >= 4 is 23.2 Å². The van der Waals surface area contributed by atoms with Crippen molar-refractivity contribution in [3.05, 3.63) is 94.8 Å². The molecule has 0 bridgehead atoms. The number of hydrogen-bond acceptors (Lipinski definition) is 3. The first-order valence-electron chi connectivity index (χ1n) is 12.9. The highest BCUT2D eigenvalue weighted by Gasteiger charge is 2.25. The number of benzene rings is 2. The number of nitrogens with zero attached hydrogens (tertiary/aromatic N) is 2. The second-order valence-electron chi connectivity index (χ2n) is 9.87. The van der Waals surface area contributed by atoms with Crippen LogP contribution in [-0.2, 0) is 11.2 Å². The van der Waals surface area contributed by atoms with Crippen LogP contribution in [0.5, 0.6) is 0 Å². The molecular weight excluding hydrogens is 442 g/mol. The summed E-state index contributed by atoms with van der Waals surface area (Å²) >= 11 is 0. The lowest BCUT2D eigenvalue weighted by Gasteiger charge is -2.13. The average Bonchev–Trinajstić information content (AvgIpc) is 3.04. The molecule has 5 rings (SSSR count). The predicted octanol–water partition coefficient (Wildman–Crippen LogP) is 7.32. The van der Waals surface area contributed by atoms with Gasteiger partial charge in [0, 0.05) is 36.7 Å². The minimum Gasteiger partial charge on any atom is -0.321 e. The number of aromatic nitrogens is 1. The molecule has 1 amide bonds. The Hall–Kier alpha value is -3.50. The minimum atomic E-state index is -0.0665. The number of nitrogens with one attached hydrogen (secondary N) is 1. The Morgan fingerprint density at radius 2 is 1.94 bits per heavy atom. The maximum Gasteiger partial charge on any atom is 0.256 e. The Bertz CT molecular complexity index is 1290. The van der Waals surface area contributed by atoms with E-state index >= 15 is 0 Å². The predicted molar refractivity (Wildman–Crippen MR) is 154 cm³/mol. The summed E-state index contributed by atoms with van der Waals surface area (Å²) in [5.74, 6) is -0.0665. The molecule has 4 heteroatoms. The van der Waals surface area contributed by atoms with Gasteiger partial charge < -0.3 is 10.2 Å². The van der Waals surface area contributed by atoms with Crippen LogP contribution in [0.15, 0.2) is 66.9 Å². The smallest absolute Gasteiger partial charge is 0.256 e. The summed E-state index contributed by atoms with van der Waals surface area (Å²) in [5, 5.41) is 2.97. The zero-order valence-electron chi connectivity index (χ0n) is 22.0. The molecule has 4 nitrogen and oxygen atoms in total. The molecule has 188 valence electrons. The van der Waals surface area contributed by atoms with Gasteiger partial charge in [0.25, 0.3) is 5.91 Å². The number of carbonyl (C=O) groups is 1. The van der Waals surface area contributed by atoms with Crippen LogP contribution >= 0.6 is 0 Å². The number of hydrogen-bond donors (Lipinski definition) is 1. The third kappa shape index (κ3) is 6.00. The normalized spacial score (nSPS) is 16.7. The number of aryl methyl sites for hydroxylation is 3. The number of anilines is 1. The third-order valence-electron chi connectivity index (χ3n) is 6.99. The number of carbonyl (C=O) groups excluding carboxylic acids is 1. The summed E-state index contributed by atoms with van der Waals surface area (Å²) in [4.78, 5) is 19.2. The molecule has 1 saturated heterocycles. The summed E-state index contributed by atoms with van der Waals surface area (Å²) < 4.78 is 0. The van der Waals surface area contributed by atoms with Crippen molar-refractivity contribution in [3.63, 3.8) is 0 Å². The molecule has 1 fully saturated rings. The topological polar surface area (TPSA) is 45.2 Å². The van der Waals surface area contributed by atoms with Crippen LogP contribution in [0.25, 0.3) is 22.8 Å². The van der Waals surface area contributed by atoms with Crippen LogP contribution in [0.4, 0.5) is 5.69 Å². The Morgan fingerprint density at radius 1 is 1.11 bits per heavy atom. The highest BCUT2D eigenvalue weighted by molar-refractivity contribution is 6.35.